The van der Waals surface area contributed by atoms with Gasteiger partial charge in [0.05, 0.1) is 35.7 Å². The first-order valence-electron chi connectivity index (χ1n) is 13.7. The summed E-state index contributed by atoms with van der Waals surface area (Å²) in [5.74, 6) is 1.32. The molecule has 5 rings (SSSR count). The number of rotatable bonds is 13. The molecule has 1 unspecified atom stereocenters. The van der Waals surface area contributed by atoms with Crippen molar-refractivity contribution in [3.63, 3.8) is 0 Å². The molecule has 1 N–H and O–H groups in total. The molecule has 0 spiro atoms. The first-order valence-corrected chi connectivity index (χ1v) is 16.8. The minimum absolute atomic E-state index is 0.0315. The maximum absolute atomic E-state index is 13.5. The Morgan fingerprint density at radius 1 is 1.09 bits per heavy atom. The molecule has 13 heteroatoms. The molecule has 9 nitrogen and oxygen atoms in total. The summed E-state index contributed by atoms with van der Waals surface area (Å²) in [6, 6.07) is 15.2. The van der Waals surface area contributed by atoms with E-state index in [0.717, 1.165) is 10.9 Å². The van der Waals surface area contributed by atoms with Crippen molar-refractivity contribution in [2.75, 3.05) is 30.5 Å². The highest BCUT2D eigenvalue weighted by Gasteiger charge is 2.18. The maximum atomic E-state index is 13.5. The Hall–Kier alpha value is -3.84. The van der Waals surface area contributed by atoms with E-state index in [1.54, 1.807) is 38.3 Å². The maximum Gasteiger partial charge on any atom is 0.152 e. The lowest BCUT2D eigenvalue weighted by Gasteiger charge is -2.14. The van der Waals surface area contributed by atoms with Crippen LogP contribution in [0, 0.1) is 5.82 Å². The molecule has 0 radical (unpaired) electrons. The summed E-state index contributed by atoms with van der Waals surface area (Å²) in [7, 11) is -1.53. The number of halogens is 2. The van der Waals surface area contributed by atoms with Crippen molar-refractivity contribution in [2.45, 2.75) is 26.6 Å². The van der Waals surface area contributed by atoms with E-state index in [9.17, 15) is 12.8 Å². The van der Waals surface area contributed by atoms with Crippen molar-refractivity contribution in [3.05, 3.63) is 87.7 Å². The van der Waals surface area contributed by atoms with Gasteiger partial charge < -0.3 is 19.5 Å². The molecule has 1 atom stereocenters. The molecule has 0 aliphatic heterocycles. The summed E-state index contributed by atoms with van der Waals surface area (Å²) < 4.78 is 54.3. The highest BCUT2D eigenvalue weighted by molar-refractivity contribution is 7.91. The summed E-state index contributed by atoms with van der Waals surface area (Å²) in [6.45, 7) is 3.74. The molecule has 0 saturated heterocycles. The molecule has 5 aromatic rings. The summed E-state index contributed by atoms with van der Waals surface area (Å²) in [4.78, 5) is 13.6. The molecule has 2 aromatic heterocycles. The number of anilines is 2. The zero-order chi connectivity index (χ0) is 31.3. The van der Waals surface area contributed by atoms with Gasteiger partial charge in [-0.15, -0.1) is 11.3 Å². The van der Waals surface area contributed by atoms with Crippen LogP contribution in [0.2, 0.25) is 5.02 Å². The Kier molecular flexibility index (Phi) is 9.94. The summed E-state index contributed by atoms with van der Waals surface area (Å²) in [5, 5.41) is 7.04. The fourth-order valence-corrected chi connectivity index (χ4v) is 6.04. The number of aromatic nitrogens is 3. The van der Waals surface area contributed by atoms with Gasteiger partial charge in [-0.25, -0.2) is 27.8 Å². The van der Waals surface area contributed by atoms with Crippen LogP contribution >= 0.6 is 22.9 Å². The van der Waals surface area contributed by atoms with Crippen LogP contribution in [0.15, 0.2) is 66.3 Å². The third-order valence-electron chi connectivity index (χ3n) is 6.78. The molecule has 230 valence electrons. The molecule has 0 bridgehead atoms. The van der Waals surface area contributed by atoms with E-state index >= 15 is 0 Å². The molecule has 0 saturated carbocycles. The third kappa shape index (κ3) is 7.62. The lowest BCUT2D eigenvalue weighted by atomic mass is 10.1. The normalized spacial score (nSPS) is 12.3. The van der Waals surface area contributed by atoms with E-state index in [0.29, 0.717) is 49.8 Å². The van der Waals surface area contributed by atoms with Crippen LogP contribution in [0.1, 0.15) is 30.5 Å². The topological polar surface area (TPSA) is 113 Å². The van der Waals surface area contributed by atoms with Crippen molar-refractivity contribution >= 4 is 55.2 Å². The van der Waals surface area contributed by atoms with Crippen LogP contribution in [-0.4, -0.2) is 48.6 Å². The van der Waals surface area contributed by atoms with Crippen LogP contribution in [-0.2, 0) is 21.2 Å². The third-order valence-corrected chi connectivity index (χ3v) is 9.75. The van der Waals surface area contributed by atoms with Crippen LogP contribution in [0.25, 0.3) is 22.2 Å². The first-order chi connectivity index (χ1) is 21.2. The smallest absolute Gasteiger partial charge is 0.152 e. The molecule has 0 aliphatic carbocycles. The number of fused-ring (bicyclic) bond motifs is 1. The molecule has 0 amide bonds. The number of thiazole rings is 1. The fraction of sp³-hybridized carbons (Fsp3) is 0.258. The summed E-state index contributed by atoms with van der Waals surface area (Å²) in [6.07, 6.45) is 1.08. The molecule has 44 heavy (non-hydrogen) atoms. The second-order valence-corrected chi connectivity index (χ2v) is 13.6. The number of nitrogens with zero attached hydrogens (tertiary/aromatic N) is 3. The highest BCUT2D eigenvalue weighted by Crippen LogP contribution is 2.38. The second-order valence-electron chi connectivity index (χ2n) is 9.80. The van der Waals surface area contributed by atoms with Gasteiger partial charge in [-0.05, 0) is 48.9 Å². The van der Waals surface area contributed by atoms with Crippen LogP contribution < -0.4 is 14.8 Å². The molecule has 0 aliphatic rings. The number of hydrogen-bond donors (Lipinski definition) is 1. The monoisotopic (exact) mass is 656 g/mol. The summed E-state index contributed by atoms with van der Waals surface area (Å²) >= 11 is 7.93. The Bertz CT molecular complexity index is 1890. The molecular formula is C31H30ClFN4O5S2. The molecular weight excluding hydrogens is 627 g/mol. The number of ether oxygens (including phenoxy) is 3. The van der Waals surface area contributed by atoms with Crippen molar-refractivity contribution < 1.29 is 27.0 Å². The van der Waals surface area contributed by atoms with E-state index in [4.69, 9.17) is 30.8 Å². The van der Waals surface area contributed by atoms with E-state index in [2.05, 4.69) is 15.3 Å². The zero-order valence-corrected chi connectivity index (χ0v) is 26.6. The number of hydrogen-bond acceptors (Lipinski definition) is 10. The van der Waals surface area contributed by atoms with Gasteiger partial charge in [0.15, 0.2) is 9.84 Å². The van der Waals surface area contributed by atoms with E-state index in [1.165, 1.54) is 29.8 Å². The minimum atomic E-state index is -3.11. The van der Waals surface area contributed by atoms with E-state index in [-0.39, 0.29) is 36.6 Å². The standard InChI is InChI=1S/C31H30ClFN4O5S2/c1-4-44(38,39)11-10-41-19(2)31-37-27(17-43-31)23-14-24-26(15-29(23)40-3)34-18-35-30(24)36-22-8-9-28(25(32)13-22)42-16-20-6-5-7-21(33)12-20/h5-9,12-15,17-19H,4,10-11,16H2,1-3H3,(H,34,35,36). The Balaban J connectivity index is 1.36. The van der Waals surface area contributed by atoms with Gasteiger partial charge in [-0.3, -0.25) is 0 Å². The van der Waals surface area contributed by atoms with E-state index < -0.39 is 9.84 Å². The van der Waals surface area contributed by atoms with Crippen molar-refractivity contribution in [1.29, 1.82) is 0 Å². The number of nitrogens with one attached hydrogen (secondary N) is 1. The minimum Gasteiger partial charge on any atom is -0.496 e. The number of benzene rings is 3. The average Bonchev–Trinajstić information content (AvgIpc) is 3.51. The molecule has 3 aromatic carbocycles. The second kappa shape index (κ2) is 13.9. The van der Waals surface area contributed by atoms with Crippen LogP contribution in [0.5, 0.6) is 11.5 Å². The lowest BCUT2D eigenvalue weighted by molar-refractivity contribution is 0.0775. The predicted molar refractivity (Wildman–Crippen MR) is 171 cm³/mol. The predicted octanol–water partition coefficient (Wildman–Crippen LogP) is 7.39. The van der Waals surface area contributed by atoms with Gasteiger partial charge in [0.1, 0.15) is 47.2 Å². The number of methoxy groups -OCH3 is 1. The van der Waals surface area contributed by atoms with Gasteiger partial charge >= 0.3 is 0 Å². The van der Waals surface area contributed by atoms with Gasteiger partial charge in [-0.2, -0.15) is 0 Å². The zero-order valence-electron chi connectivity index (χ0n) is 24.2. The van der Waals surface area contributed by atoms with Gasteiger partial charge in [-0.1, -0.05) is 30.7 Å². The van der Waals surface area contributed by atoms with Gasteiger partial charge in [0.2, 0.25) is 0 Å². The largest absolute Gasteiger partial charge is 0.496 e. The lowest BCUT2D eigenvalue weighted by Crippen LogP contribution is -2.15. The van der Waals surface area contributed by atoms with Crippen molar-refractivity contribution in [2.24, 2.45) is 0 Å². The van der Waals surface area contributed by atoms with Crippen LogP contribution in [0.3, 0.4) is 0 Å². The van der Waals surface area contributed by atoms with Gasteiger partial charge in [0, 0.05) is 33.8 Å². The SMILES string of the molecule is CCS(=O)(=O)CCOC(C)c1nc(-c2cc3c(Nc4ccc(OCc5cccc(F)c5)c(Cl)c4)ncnc3cc2OC)cs1. The summed E-state index contributed by atoms with van der Waals surface area (Å²) in [5.41, 5.74) is 3.45. The van der Waals surface area contributed by atoms with Gasteiger partial charge in [0.25, 0.3) is 0 Å². The van der Waals surface area contributed by atoms with Crippen molar-refractivity contribution in [1.82, 2.24) is 15.0 Å². The Morgan fingerprint density at radius 3 is 2.68 bits per heavy atom. The molecule has 2 heterocycles. The average molecular weight is 657 g/mol. The quantitative estimate of drug-likeness (QED) is 0.139. The first kappa shape index (κ1) is 31.6. The van der Waals surface area contributed by atoms with Crippen LogP contribution in [0.4, 0.5) is 15.9 Å². The Morgan fingerprint density at radius 2 is 1.93 bits per heavy atom. The van der Waals surface area contributed by atoms with E-state index in [1.807, 2.05) is 30.5 Å². The fourth-order valence-electron chi connectivity index (χ4n) is 4.34. The number of sulfone groups is 1. The van der Waals surface area contributed by atoms with Crippen molar-refractivity contribution in [3.8, 4) is 22.8 Å². The Labute approximate surface area is 263 Å². The molecule has 0 fully saturated rings. The highest BCUT2D eigenvalue weighted by atomic mass is 35.5.